The first-order chi connectivity index (χ1) is 13.6. The second-order valence-corrected chi connectivity index (χ2v) is 8.13. The van der Waals surface area contributed by atoms with Gasteiger partial charge in [0.05, 0.1) is 5.56 Å². The van der Waals surface area contributed by atoms with E-state index in [-0.39, 0.29) is 5.91 Å². The Morgan fingerprint density at radius 2 is 1.89 bits per heavy atom. The maximum absolute atomic E-state index is 12.8. The van der Waals surface area contributed by atoms with Gasteiger partial charge in [-0.25, -0.2) is 4.98 Å². The fourth-order valence-electron chi connectivity index (χ4n) is 4.46. The Bertz CT molecular complexity index is 818. The molecule has 0 radical (unpaired) electrons. The standard InChI is InChI=1S/C22H30N4O2/c1-16-14-24-21(19-7-12-28-13-8-19)26(16)15-18-5-10-25(11-6-18)22(27)20-4-3-9-23-17(20)2/h3-4,9,14,18-19H,5-8,10-13,15H2,1-2H3. The molecule has 2 aromatic rings. The number of amides is 1. The molecule has 2 fully saturated rings. The van der Waals surface area contributed by atoms with E-state index in [9.17, 15) is 4.79 Å². The van der Waals surface area contributed by atoms with Gasteiger partial charge < -0.3 is 14.2 Å². The first kappa shape index (κ1) is 19.1. The molecule has 0 unspecified atom stereocenters. The number of carbonyl (C=O) groups is 1. The number of likely N-dealkylation sites (tertiary alicyclic amines) is 1. The van der Waals surface area contributed by atoms with E-state index in [0.717, 1.165) is 69.8 Å². The minimum absolute atomic E-state index is 0.116. The van der Waals surface area contributed by atoms with Crippen molar-refractivity contribution in [3.05, 3.63) is 47.3 Å². The summed E-state index contributed by atoms with van der Waals surface area (Å²) in [6, 6.07) is 3.72. The molecule has 0 aromatic carbocycles. The van der Waals surface area contributed by atoms with Gasteiger partial charge in [0.2, 0.25) is 0 Å². The highest BCUT2D eigenvalue weighted by atomic mass is 16.5. The number of imidazole rings is 1. The van der Waals surface area contributed by atoms with E-state index in [1.54, 1.807) is 6.20 Å². The lowest BCUT2D eigenvalue weighted by Gasteiger charge is -2.33. The Kier molecular flexibility index (Phi) is 5.76. The Hall–Kier alpha value is -2.21. The van der Waals surface area contributed by atoms with Crippen LogP contribution in [-0.2, 0) is 11.3 Å². The number of carbonyl (C=O) groups excluding carboxylic acids is 1. The Balaban J connectivity index is 1.38. The average molecular weight is 383 g/mol. The van der Waals surface area contributed by atoms with Crippen LogP contribution in [0, 0.1) is 19.8 Å². The summed E-state index contributed by atoms with van der Waals surface area (Å²) in [4.78, 5) is 23.8. The van der Waals surface area contributed by atoms with E-state index >= 15 is 0 Å². The minimum atomic E-state index is 0.116. The fourth-order valence-corrected chi connectivity index (χ4v) is 4.46. The van der Waals surface area contributed by atoms with E-state index < -0.39 is 0 Å². The molecule has 0 bridgehead atoms. The van der Waals surface area contributed by atoms with Crippen LogP contribution in [0.3, 0.4) is 0 Å². The van der Waals surface area contributed by atoms with Crippen molar-refractivity contribution in [2.24, 2.45) is 5.92 Å². The monoisotopic (exact) mass is 382 g/mol. The normalized spacial score (nSPS) is 19.1. The Morgan fingerprint density at radius 1 is 1.14 bits per heavy atom. The molecule has 0 spiro atoms. The molecule has 2 aromatic heterocycles. The van der Waals surface area contributed by atoms with Gasteiger partial charge in [0.15, 0.2) is 0 Å². The van der Waals surface area contributed by atoms with Crippen LogP contribution < -0.4 is 0 Å². The summed E-state index contributed by atoms with van der Waals surface area (Å²) in [6.07, 6.45) is 7.95. The number of hydrogen-bond acceptors (Lipinski definition) is 4. The van der Waals surface area contributed by atoms with E-state index in [1.807, 2.05) is 30.2 Å². The molecular weight excluding hydrogens is 352 g/mol. The van der Waals surface area contributed by atoms with Crippen molar-refractivity contribution in [2.75, 3.05) is 26.3 Å². The molecule has 0 N–H and O–H groups in total. The highest BCUT2D eigenvalue weighted by molar-refractivity contribution is 5.95. The highest BCUT2D eigenvalue weighted by Crippen LogP contribution is 2.29. The predicted molar refractivity (Wildman–Crippen MR) is 107 cm³/mol. The summed E-state index contributed by atoms with van der Waals surface area (Å²) in [7, 11) is 0. The number of pyridine rings is 1. The molecule has 1 amide bonds. The van der Waals surface area contributed by atoms with Gasteiger partial charge in [-0.05, 0) is 57.6 Å². The zero-order chi connectivity index (χ0) is 19.5. The number of aromatic nitrogens is 3. The van der Waals surface area contributed by atoms with Gasteiger partial charge in [0, 0.05) is 62.5 Å². The molecule has 0 saturated carbocycles. The lowest BCUT2D eigenvalue weighted by Crippen LogP contribution is -2.39. The quantitative estimate of drug-likeness (QED) is 0.814. The minimum Gasteiger partial charge on any atom is -0.381 e. The van der Waals surface area contributed by atoms with Gasteiger partial charge >= 0.3 is 0 Å². The zero-order valence-corrected chi connectivity index (χ0v) is 16.9. The van der Waals surface area contributed by atoms with Crippen molar-refractivity contribution in [3.63, 3.8) is 0 Å². The number of rotatable bonds is 4. The molecule has 2 aliphatic rings. The van der Waals surface area contributed by atoms with Crippen LogP contribution >= 0.6 is 0 Å². The van der Waals surface area contributed by atoms with Crippen LogP contribution in [0.5, 0.6) is 0 Å². The molecule has 2 aliphatic heterocycles. The Morgan fingerprint density at radius 3 is 2.61 bits per heavy atom. The molecule has 28 heavy (non-hydrogen) atoms. The number of hydrogen-bond donors (Lipinski definition) is 0. The molecule has 0 atom stereocenters. The molecule has 0 aliphatic carbocycles. The maximum Gasteiger partial charge on any atom is 0.255 e. The van der Waals surface area contributed by atoms with E-state index in [2.05, 4.69) is 16.5 Å². The number of piperidine rings is 1. The van der Waals surface area contributed by atoms with Gasteiger partial charge in [-0.15, -0.1) is 0 Å². The summed E-state index contributed by atoms with van der Waals surface area (Å²) < 4.78 is 7.94. The van der Waals surface area contributed by atoms with E-state index in [1.165, 1.54) is 11.5 Å². The highest BCUT2D eigenvalue weighted by Gasteiger charge is 2.27. The maximum atomic E-state index is 12.8. The first-order valence-electron chi connectivity index (χ1n) is 10.4. The number of ether oxygens (including phenoxy) is 1. The largest absolute Gasteiger partial charge is 0.381 e. The lowest BCUT2D eigenvalue weighted by molar-refractivity contribution is 0.0678. The van der Waals surface area contributed by atoms with Crippen molar-refractivity contribution >= 4 is 5.91 Å². The topological polar surface area (TPSA) is 60.2 Å². The molecule has 4 heterocycles. The summed E-state index contributed by atoms with van der Waals surface area (Å²) in [5.74, 6) is 2.44. The zero-order valence-electron chi connectivity index (χ0n) is 16.9. The van der Waals surface area contributed by atoms with Crippen LogP contribution in [0.25, 0.3) is 0 Å². The summed E-state index contributed by atoms with van der Waals surface area (Å²) >= 11 is 0. The van der Waals surface area contributed by atoms with E-state index in [0.29, 0.717) is 11.8 Å². The van der Waals surface area contributed by atoms with Crippen LogP contribution in [0.15, 0.2) is 24.5 Å². The molecule has 6 nitrogen and oxygen atoms in total. The second-order valence-electron chi connectivity index (χ2n) is 8.13. The summed E-state index contributed by atoms with van der Waals surface area (Å²) in [5, 5.41) is 0. The first-order valence-corrected chi connectivity index (χ1v) is 10.4. The molecule has 150 valence electrons. The Labute approximate surface area is 166 Å². The second kappa shape index (κ2) is 8.43. The van der Waals surface area contributed by atoms with Crippen molar-refractivity contribution in [1.82, 2.24) is 19.4 Å². The predicted octanol–water partition coefficient (Wildman–Crippen LogP) is 3.34. The van der Waals surface area contributed by atoms with Crippen molar-refractivity contribution in [1.29, 1.82) is 0 Å². The van der Waals surface area contributed by atoms with Gasteiger partial charge in [-0.1, -0.05) is 0 Å². The third-order valence-corrected chi connectivity index (χ3v) is 6.25. The van der Waals surface area contributed by atoms with Gasteiger partial charge in [-0.3, -0.25) is 9.78 Å². The SMILES string of the molecule is Cc1ncccc1C(=O)N1CCC(Cn2c(C)cnc2C2CCOCC2)CC1. The molecule has 2 saturated heterocycles. The van der Waals surface area contributed by atoms with Crippen LogP contribution in [0.1, 0.15) is 59.2 Å². The van der Waals surface area contributed by atoms with Gasteiger partial charge in [-0.2, -0.15) is 0 Å². The number of aryl methyl sites for hydroxylation is 2. The summed E-state index contributed by atoms with van der Waals surface area (Å²) in [5.41, 5.74) is 2.78. The van der Waals surface area contributed by atoms with E-state index in [4.69, 9.17) is 9.72 Å². The molecular formula is C22H30N4O2. The van der Waals surface area contributed by atoms with Crippen LogP contribution in [0.2, 0.25) is 0 Å². The third kappa shape index (κ3) is 3.97. The summed E-state index contributed by atoms with van der Waals surface area (Å²) in [6.45, 7) is 8.37. The van der Waals surface area contributed by atoms with Gasteiger partial charge in [0.1, 0.15) is 5.82 Å². The smallest absolute Gasteiger partial charge is 0.255 e. The van der Waals surface area contributed by atoms with Crippen LogP contribution in [-0.4, -0.2) is 51.6 Å². The average Bonchev–Trinajstić information content (AvgIpc) is 3.09. The number of nitrogens with zero attached hydrogens (tertiary/aromatic N) is 4. The van der Waals surface area contributed by atoms with Crippen molar-refractivity contribution < 1.29 is 9.53 Å². The third-order valence-electron chi connectivity index (χ3n) is 6.25. The molecule has 6 heteroatoms. The van der Waals surface area contributed by atoms with Crippen LogP contribution in [0.4, 0.5) is 0 Å². The van der Waals surface area contributed by atoms with Gasteiger partial charge in [0.25, 0.3) is 5.91 Å². The van der Waals surface area contributed by atoms with Crippen molar-refractivity contribution in [3.8, 4) is 0 Å². The molecule has 4 rings (SSSR count). The lowest BCUT2D eigenvalue weighted by atomic mass is 9.95. The fraction of sp³-hybridized carbons (Fsp3) is 0.591. The van der Waals surface area contributed by atoms with Crippen molar-refractivity contribution in [2.45, 2.75) is 52.0 Å².